The van der Waals surface area contributed by atoms with Gasteiger partial charge in [-0.1, -0.05) is 42.7 Å². The highest BCUT2D eigenvalue weighted by Crippen LogP contribution is 2.30. The van der Waals surface area contributed by atoms with Crippen molar-refractivity contribution in [3.8, 4) is 5.75 Å². The highest BCUT2D eigenvalue weighted by Gasteiger charge is 2.34. The smallest absolute Gasteiger partial charge is 0.287 e. The molecule has 1 aliphatic carbocycles. The van der Waals surface area contributed by atoms with E-state index in [2.05, 4.69) is 10.6 Å². The Morgan fingerprint density at radius 1 is 1.03 bits per heavy atom. The van der Waals surface area contributed by atoms with Crippen LogP contribution in [0.3, 0.4) is 0 Å². The summed E-state index contributed by atoms with van der Waals surface area (Å²) in [5.41, 5.74) is 2.24. The molecular formula is C28H31N3O5. The molecule has 1 saturated carbocycles. The largest absolute Gasteiger partial charge is 0.497 e. The number of carbonyl (C=O) groups excluding carboxylic acids is 3. The van der Waals surface area contributed by atoms with Crippen LogP contribution in [0.15, 0.2) is 71.3 Å². The fraction of sp³-hybridized carbons (Fsp3) is 0.321. The van der Waals surface area contributed by atoms with E-state index < -0.39 is 17.9 Å². The van der Waals surface area contributed by atoms with Gasteiger partial charge in [0.05, 0.1) is 19.9 Å². The molecule has 8 heteroatoms. The Morgan fingerprint density at radius 3 is 2.33 bits per heavy atom. The maximum absolute atomic E-state index is 13.7. The number of methoxy groups -OCH3 is 1. The summed E-state index contributed by atoms with van der Waals surface area (Å²) in [6.45, 7) is 1.65. The van der Waals surface area contributed by atoms with Gasteiger partial charge in [-0.25, -0.2) is 0 Å². The second-order valence-corrected chi connectivity index (χ2v) is 8.92. The predicted molar refractivity (Wildman–Crippen MR) is 136 cm³/mol. The molecule has 0 saturated heterocycles. The van der Waals surface area contributed by atoms with Crippen molar-refractivity contribution < 1.29 is 23.5 Å². The molecule has 0 spiro atoms. The van der Waals surface area contributed by atoms with E-state index in [1.54, 1.807) is 37.4 Å². The van der Waals surface area contributed by atoms with E-state index in [9.17, 15) is 14.4 Å². The van der Waals surface area contributed by atoms with Gasteiger partial charge in [-0.3, -0.25) is 19.3 Å². The quantitative estimate of drug-likeness (QED) is 0.470. The zero-order valence-corrected chi connectivity index (χ0v) is 20.5. The van der Waals surface area contributed by atoms with Crippen LogP contribution in [-0.2, 0) is 9.59 Å². The summed E-state index contributed by atoms with van der Waals surface area (Å²) in [5, 5.41) is 5.75. The van der Waals surface area contributed by atoms with Gasteiger partial charge in [0.2, 0.25) is 11.8 Å². The van der Waals surface area contributed by atoms with E-state index in [1.807, 2.05) is 31.2 Å². The van der Waals surface area contributed by atoms with Crippen LogP contribution in [0.1, 0.15) is 53.4 Å². The maximum Gasteiger partial charge on any atom is 0.287 e. The van der Waals surface area contributed by atoms with Crippen LogP contribution in [0.2, 0.25) is 0 Å². The molecule has 3 amide bonds. The Kier molecular flexibility index (Phi) is 8.05. The Hall–Kier alpha value is -4.07. The lowest BCUT2D eigenvalue weighted by Crippen LogP contribution is -2.49. The second-order valence-electron chi connectivity index (χ2n) is 8.92. The highest BCUT2D eigenvalue weighted by atomic mass is 16.5. The van der Waals surface area contributed by atoms with Crippen molar-refractivity contribution in [2.24, 2.45) is 0 Å². The van der Waals surface area contributed by atoms with Crippen LogP contribution in [0, 0.1) is 6.92 Å². The van der Waals surface area contributed by atoms with Gasteiger partial charge in [0.1, 0.15) is 11.8 Å². The molecule has 1 aromatic heterocycles. The highest BCUT2D eigenvalue weighted by molar-refractivity contribution is 6.04. The molecule has 1 atom stereocenters. The van der Waals surface area contributed by atoms with Gasteiger partial charge in [-0.15, -0.1) is 0 Å². The third-order valence-corrected chi connectivity index (χ3v) is 6.37. The maximum atomic E-state index is 13.7. The first-order chi connectivity index (χ1) is 17.5. The number of ether oxygens (including phenoxy) is 1. The Balaban J connectivity index is 1.68. The summed E-state index contributed by atoms with van der Waals surface area (Å²) in [5.74, 6) is -0.475. The molecule has 2 N–H and O–H groups in total. The lowest BCUT2D eigenvalue weighted by molar-refractivity contribution is -0.126. The van der Waals surface area contributed by atoms with Crippen LogP contribution in [-0.4, -0.2) is 37.4 Å². The second kappa shape index (κ2) is 11.6. The Morgan fingerprint density at radius 2 is 1.72 bits per heavy atom. The zero-order chi connectivity index (χ0) is 25.5. The topological polar surface area (TPSA) is 101 Å². The predicted octanol–water partition coefficient (Wildman–Crippen LogP) is 4.16. The third kappa shape index (κ3) is 5.94. The van der Waals surface area contributed by atoms with E-state index in [4.69, 9.17) is 9.15 Å². The van der Waals surface area contributed by atoms with Gasteiger partial charge in [0.15, 0.2) is 5.76 Å². The third-order valence-electron chi connectivity index (χ3n) is 6.37. The average molecular weight is 490 g/mol. The zero-order valence-electron chi connectivity index (χ0n) is 20.5. The number of carbonyl (C=O) groups is 3. The molecule has 0 radical (unpaired) electrons. The molecule has 1 aliphatic rings. The van der Waals surface area contributed by atoms with Crippen LogP contribution in [0.4, 0.5) is 5.69 Å². The minimum absolute atomic E-state index is 0.0805. The van der Waals surface area contributed by atoms with Gasteiger partial charge < -0.3 is 19.8 Å². The van der Waals surface area contributed by atoms with Crippen molar-refractivity contribution in [2.75, 3.05) is 18.6 Å². The van der Waals surface area contributed by atoms with Gasteiger partial charge >= 0.3 is 0 Å². The van der Waals surface area contributed by atoms with Crippen LogP contribution in [0.5, 0.6) is 5.75 Å². The summed E-state index contributed by atoms with van der Waals surface area (Å²) < 4.78 is 10.4. The summed E-state index contributed by atoms with van der Waals surface area (Å²) in [6, 6.07) is 16.8. The molecule has 4 rings (SSSR count). The number of hydrogen-bond acceptors (Lipinski definition) is 5. The molecule has 8 nitrogen and oxygen atoms in total. The molecule has 1 unspecified atom stereocenters. The van der Waals surface area contributed by atoms with Crippen molar-refractivity contribution in [2.45, 2.75) is 44.7 Å². The minimum atomic E-state index is -0.924. The number of rotatable bonds is 9. The molecule has 1 heterocycles. The monoisotopic (exact) mass is 489 g/mol. The number of benzene rings is 2. The number of nitrogens with one attached hydrogen (secondary N) is 2. The number of furan rings is 1. The van der Waals surface area contributed by atoms with Crippen molar-refractivity contribution >= 4 is 23.4 Å². The average Bonchev–Trinajstić information content (AvgIpc) is 3.61. The molecule has 1 fully saturated rings. The van der Waals surface area contributed by atoms with Crippen molar-refractivity contribution in [3.05, 3.63) is 83.8 Å². The van der Waals surface area contributed by atoms with E-state index >= 15 is 0 Å². The fourth-order valence-corrected chi connectivity index (χ4v) is 4.43. The minimum Gasteiger partial charge on any atom is -0.497 e. The molecule has 3 aromatic rings. The van der Waals surface area contributed by atoms with Crippen molar-refractivity contribution in [3.63, 3.8) is 0 Å². The van der Waals surface area contributed by atoms with E-state index in [1.165, 1.54) is 17.2 Å². The lowest BCUT2D eigenvalue weighted by Gasteiger charge is -2.32. The molecule has 0 bridgehead atoms. The Labute approximate surface area is 210 Å². The standard InChI is InChI=1S/C28H31N3O5/c1-19-9-11-20(12-10-19)26(28(34)30-21-6-3-4-7-21)31(22-13-15-23(35-2)16-14-22)25(32)18-29-27(33)24-8-5-17-36-24/h5,8-17,21,26H,3-4,6-7,18H2,1-2H3,(H,29,33)(H,30,34). The van der Waals surface area contributed by atoms with Gasteiger partial charge in [-0.05, 0) is 61.7 Å². The first kappa shape index (κ1) is 25.0. The lowest BCUT2D eigenvalue weighted by atomic mass is 10.0. The molecular weight excluding hydrogens is 458 g/mol. The summed E-state index contributed by atoms with van der Waals surface area (Å²) in [6.07, 6.45) is 5.37. The summed E-state index contributed by atoms with van der Waals surface area (Å²) in [4.78, 5) is 41.2. The van der Waals surface area contributed by atoms with E-state index in [-0.39, 0.29) is 24.3 Å². The van der Waals surface area contributed by atoms with Gasteiger partial charge in [0, 0.05) is 11.7 Å². The fourth-order valence-electron chi connectivity index (χ4n) is 4.43. The number of hydrogen-bond donors (Lipinski definition) is 2. The first-order valence-corrected chi connectivity index (χ1v) is 12.1. The molecule has 0 aliphatic heterocycles. The van der Waals surface area contributed by atoms with E-state index in [0.717, 1.165) is 31.2 Å². The summed E-state index contributed by atoms with van der Waals surface area (Å²) >= 11 is 0. The number of amides is 3. The number of aryl methyl sites for hydroxylation is 1. The van der Waals surface area contributed by atoms with Crippen LogP contribution in [0.25, 0.3) is 0 Å². The molecule has 188 valence electrons. The van der Waals surface area contributed by atoms with Gasteiger partial charge in [-0.2, -0.15) is 0 Å². The SMILES string of the molecule is COc1ccc(N(C(=O)CNC(=O)c2ccco2)C(C(=O)NC2CCCC2)c2ccc(C)cc2)cc1. The van der Waals surface area contributed by atoms with Crippen molar-refractivity contribution in [1.82, 2.24) is 10.6 Å². The summed E-state index contributed by atoms with van der Waals surface area (Å²) in [7, 11) is 1.56. The van der Waals surface area contributed by atoms with Gasteiger partial charge in [0.25, 0.3) is 5.91 Å². The van der Waals surface area contributed by atoms with E-state index in [0.29, 0.717) is 17.0 Å². The van der Waals surface area contributed by atoms with Crippen LogP contribution >= 0.6 is 0 Å². The van der Waals surface area contributed by atoms with Crippen molar-refractivity contribution in [1.29, 1.82) is 0 Å². The first-order valence-electron chi connectivity index (χ1n) is 12.1. The van der Waals surface area contributed by atoms with Crippen LogP contribution < -0.4 is 20.3 Å². The molecule has 36 heavy (non-hydrogen) atoms. The number of nitrogens with zero attached hydrogens (tertiary/aromatic N) is 1. The normalized spacial score (nSPS) is 14.2. The Bertz CT molecular complexity index is 1170. The number of anilines is 1. The molecule has 2 aromatic carbocycles.